The van der Waals surface area contributed by atoms with Crippen LogP contribution in [-0.2, 0) is 26.5 Å². The molecule has 6 aromatic rings. The Balaban J connectivity index is 0.00000337. The van der Waals surface area contributed by atoms with E-state index in [1.165, 1.54) is 16.7 Å². The van der Waals surface area contributed by atoms with Crippen LogP contribution in [0.1, 0.15) is 37.5 Å². The number of phenolic OH excluding ortho intramolecular Hbond substituents is 1. The zero-order chi connectivity index (χ0) is 28.0. The average Bonchev–Trinajstić information content (AvgIpc) is 3.32. The van der Waals surface area contributed by atoms with Crippen LogP contribution in [0.2, 0.25) is 0 Å². The van der Waals surface area contributed by atoms with Crippen molar-refractivity contribution < 1.29 is 26.2 Å². The van der Waals surface area contributed by atoms with Crippen LogP contribution in [0, 0.1) is 19.9 Å². The van der Waals surface area contributed by atoms with Crippen LogP contribution in [0.4, 0.5) is 0 Å². The van der Waals surface area contributed by atoms with E-state index in [-0.39, 0.29) is 32.2 Å². The molecule has 208 valence electrons. The van der Waals surface area contributed by atoms with Crippen LogP contribution >= 0.6 is 0 Å². The van der Waals surface area contributed by atoms with Crippen LogP contribution in [0.25, 0.3) is 50.5 Å². The smallest absolute Gasteiger partial charge is 0.148 e. The standard InChI is InChI=1S/C36H32N3O.Pt/c1-23-17-24(2)19-28(18-23)39-32-22-27(36(3,4)5)21-30(34(32)38-35(39)29-13-6-7-15-33(29)40)25-11-10-12-26(20-25)31-14-8-9-16-37-31;/h6-19,21-22,40H,1-5H3;/q-1;. The molecule has 4 aromatic carbocycles. The Hall–Kier alpha value is -4.01. The normalized spacial score (nSPS) is 11.4. The zero-order valence-electron chi connectivity index (χ0n) is 23.8. The minimum atomic E-state index is -0.103. The molecule has 0 unspecified atom stereocenters. The fourth-order valence-electron chi connectivity index (χ4n) is 5.30. The van der Waals surface area contributed by atoms with Crippen molar-refractivity contribution in [2.45, 2.75) is 40.0 Å². The number of imidazole rings is 1. The molecule has 0 saturated carbocycles. The number of pyridine rings is 1. The molecule has 6 rings (SSSR count). The second-order valence-corrected chi connectivity index (χ2v) is 11.5. The summed E-state index contributed by atoms with van der Waals surface area (Å²) in [5.41, 5.74) is 10.7. The second kappa shape index (κ2) is 11.1. The van der Waals surface area contributed by atoms with Gasteiger partial charge in [0, 0.05) is 38.6 Å². The summed E-state index contributed by atoms with van der Waals surface area (Å²) in [6, 6.07) is 34.1. The molecule has 0 spiro atoms. The fourth-order valence-corrected chi connectivity index (χ4v) is 5.30. The Morgan fingerprint density at radius 3 is 2.15 bits per heavy atom. The number of aromatic nitrogens is 3. The molecule has 2 heterocycles. The number of para-hydroxylation sites is 1. The SMILES string of the molecule is Cc1cc(C)cc(-n2c(-c3ccccc3O)nc3c(-c4[c-]c(-c5ccccn5)ccc4)cc(C(C)(C)C)cc32)c1.[Pt]. The van der Waals surface area contributed by atoms with E-state index in [0.717, 1.165) is 39.1 Å². The van der Waals surface area contributed by atoms with Crippen LogP contribution < -0.4 is 0 Å². The summed E-state index contributed by atoms with van der Waals surface area (Å²) in [5, 5.41) is 10.9. The number of hydrogen-bond donors (Lipinski definition) is 1. The largest absolute Gasteiger partial charge is 0.507 e. The molecule has 0 radical (unpaired) electrons. The first-order valence-corrected chi connectivity index (χ1v) is 13.6. The summed E-state index contributed by atoms with van der Waals surface area (Å²) in [6.45, 7) is 10.9. The molecular weight excluding hydrogens is 685 g/mol. The molecule has 0 fully saturated rings. The molecule has 0 aliphatic heterocycles. The minimum Gasteiger partial charge on any atom is -0.507 e. The summed E-state index contributed by atoms with van der Waals surface area (Å²) in [7, 11) is 0. The quantitative estimate of drug-likeness (QED) is 0.186. The second-order valence-electron chi connectivity index (χ2n) is 11.5. The maximum atomic E-state index is 10.9. The third-order valence-electron chi connectivity index (χ3n) is 7.26. The molecule has 0 atom stereocenters. The van der Waals surface area contributed by atoms with Crippen LogP contribution in [-0.4, -0.2) is 19.6 Å². The van der Waals surface area contributed by atoms with Crippen molar-refractivity contribution in [2.24, 2.45) is 0 Å². The van der Waals surface area contributed by atoms with E-state index in [9.17, 15) is 5.11 Å². The molecule has 1 N–H and O–H groups in total. The summed E-state index contributed by atoms with van der Waals surface area (Å²) < 4.78 is 2.19. The Kier molecular flexibility index (Phi) is 7.72. The molecule has 0 aliphatic rings. The van der Waals surface area contributed by atoms with Gasteiger partial charge in [-0.25, -0.2) is 4.98 Å². The van der Waals surface area contributed by atoms with Gasteiger partial charge in [-0.15, -0.1) is 29.8 Å². The van der Waals surface area contributed by atoms with Gasteiger partial charge in [0.05, 0.1) is 16.6 Å². The van der Waals surface area contributed by atoms with E-state index in [4.69, 9.17) is 4.98 Å². The molecule has 0 saturated heterocycles. The van der Waals surface area contributed by atoms with Crippen molar-refractivity contribution >= 4 is 11.0 Å². The summed E-state index contributed by atoms with van der Waals surface area (Å²) in [4.78, 5) is 9.80. The monoisotopic (exact) mass is 717 g/mol. The Morgan fingerprint density at radius 1 is 0.756 bits per heavy atom. The van der Waals surface area contributed by atoms with Gasteiger partial charge in [-0.3, -0.25) is 9.55 Å². The van der Waals surface area contributed by atoms with Crippen molar-refractivity contribution in [1.82, 2.24) is 14.5 Å². The van der Waals surface area contributed by atoms with Gasteiger partial charge in [0.15, 0.2) is 0 Å². The number of rotatable bonds is 4. The topological polar surface area (TPSA) is 50.9 Å². The molecule has 41 heavy (non-hydrogen) atoms. The van der Waals surface area contributed by atoms with Gasteiger partial charge in [0.25, 0.3) is 0 Å². The van der Waals surface area contributed by atoms with Crippen LogP contribution in [0.5, 0.6) is 5.75 Å². The average molecular weight is 718 g/mol. The fraction of sp³-hybridized carbons (Fsp3) is 0.167. The molecule has 4 nitrogen and oxygen atoms in total. The van der Waals surface area contributed by atoms with Crippen molar-refractivity contribution in [3.8, 4) is 45.2 Å². The number of fused-ring (bicyclic) bond motifs is 1. The van der Waals surface area contributed by atoms with Crippen molar-refractivity contribution in [3.05, 3.63) is 120 Å². The maximum absolute atomic E-state index is 10.9. The van der Waals surface area contributed by atoms with Gasteiger partial charge in [0.2, 0.25) is 0 Å². The summed E-state index contributed by atoms with van der Waals surface area (Å²) in [5.74, 6) is 0.899. The number of benzene rings is 4. The number of hydrogen-bond acceptors (Lipinski definition) is 3. The predicted octanol–water partition coefficient (Wildman–Crippen LogP) is 8.84. The van der Waals surface area contributed by atoms with E-state index in [2.05, 4.69) is 92.7 Å². The molecule has 0 bridgehead atoms. The third-order valence-corrected chi connectivity index (χ3v) is 7.26. The van der Waals surface area contributed by atoms with E-state index in [0.29, 0.717) is 11.4 Å². The van der Waals surface area contributed by atoms with E-state index >= 15 is 0 Å². The van der Waals surface area contributed by atoms with Crippen molar-refractivity contribution in [3.63, 3.8) is 0 Å². The Bertz CT molecular complexity index is 1850. The first-order chi connectivity index (χ1) is 19.2. The van der Waals surface area contributed by atoms with Crippen molar-refractivity contribution in [1.29, 1.82) is 0 Å². The van der Waals surface area contributed by atoms with Gasteiger partial charge in [-0.2, -0.15) is 0 Å². The zero-order valence-corrected chi connectivity index (χ0v) is 26.1. The number of aryl methyl sites for hydroxylation is 2. The first kappa shape index (κ1) is 28.5. The van der Waals surface area contributed by atoms with E-state index < -0.39 is 0 Å². The third kappa shape index (κ3) is 5.49. The number of nitrogens with zero attached hydrogens (tertiary/aromatic N) is 3. The summed E-state index contributed by atoms with van der Waals surface area (Å²) in [6.07, 6.45) is 1.80. The molecule has 5 heteroatoms. The van der Waals surface area contributed by atoms with Gasteiger partial charge >= 0.3 is 0 Å². The molecule has 2 aromatic heterocycles. The molecule has 0 amide bonds. The van der Waals surface area contributed by atoms with Crippen LogP contribution in [0.15, 0.2) is 97.2 Å². The van der Waals surface area contributed by atoms with Crippen LogP contribution in [0.3, 0.4) is 0 Å². The first-order valence-electron chi connectivity index (χ1n) is 13.6. The maximum Gasteiger partial charge on any atom is 0.148 e. The van der Waals surface area contributed by atoms with Crippen molar-refractivity contribution in [2.75, 3.05) is 0 Å². The van der Waals surface area contributed by atoms with Gasteiger partial charge < -0.3 is 5.11 Å². The summed E-state index contributed by atoms with van der Waals surface area (Å²) >= 11 is 0. The van der Waals surface area contributed by atoms with E-state index in [1.807, 2.05) is 42.5 Å². The minimum absolute atomic E-state index is 0. The molecular formula is C36H32N3OPt-. The number of phenols is 1. The van der Waals surface area contributed by atoms with Gasteiger partial charge in [-0.1, -0.05) is 68.3 Å². The van der Waals surface area contributed by atoms with Gasteiger partial charge in [-0.05, 0) is 72.4 Å². The predicted molar refractivity (Wildman–Crippen MR) is 164 cm³/mol. The van der Waals surface area contributed by atoms with E-state index in [1.54, 1.807) is 12.3 Å². The molecule has 0 aliphatic carbocycles. The van der Waals surface area contributed by atoms with Gasteiger partial charge in [0.1, 0.15) is 11.6 Å². The number of aromatic hydroxyl groups is 1. The Labute approximate surface area is 256 Å². The Morgan fingerprint density at radius 2 is 1.46 bits per heavy atom.